The summed E-state index contributed by atoms with van der Waals surface area (Å²) in [5.41, 5.74) is 4.75. The molecule has 0 aliphatic heterocycles. The number of hydrogen-bond donors (Lipinski definition) is 2. The summed E-state index contributed by atoms with van der Waals surface area (Å²) >= 11 is 0. The SMILES string of the molecule is CCOc1ccc(OCC(O)(CN)C2CC2)cc1. The standard InChI is InChI=1S/C14H21NO3/c1-2-17-12-5-7-13(8-6-12)18-10-14(16,9-15)11-3-4-11/h5-8,11,16H,2-4,9-10,15H2,1H3. The lowest BCUT2D eigenvalue weighted by Crippen LogP contribution is -2.45. The molecule has 0 aromatic heterocycles. The summed E-state index contributed by atoms with van der Waals surface area (Å²) in [6.07, 6.45) is 2.08. The van der Waals surface area contributed by atoms with Crippen molar-refractivity contribution >= 4 is 0 Å². The van der Waals surface area contributed by atoms with Gasteiger partial charge in [-0.2, -0.15) is 0 Å². The highest BCUT2D eigenvalue weighted by Crippen LogP contribution is 2.39. The Hall–Kier alpha value is -1.26. The van der Waals surface area contributed by atoms with Crippen molar-refractivity contribution in [3.8, 4) is 11.5 Å². The molecule has 2 rings (SSSR count). The van der Waals surface area contributed by atoms with E-state index in [1.807, 2.05) is 31.2 Å². The van der Waals surface area contributed by atoms with Crippen LogP contribution in [0.3, 0.4) is 0 Å². The Morgan fingerprint density at radius 2 is 1.78 bits per heavy atom. The van der Waals surface area contributed by atoms with Crippen molar-refractivity contribution in [3.63, 3.8) is 0 Å². The van der Waals surface area contributed by atoms with Crippen molar-refractivity contribution in [3.05, 3.63) is 24.3 Å². The first-order valence-electron chi connectivity index (χ1n) is 6.46. The van der Waals surface area contributed by atoms with E-state index in [0.717, 1.165) is 24.3 Å². The van der Waals surface area contributed by atoms with Gasteiger partial charge in [0.15, 0.2) is 0 Å². The van der Waals surface area contributed by atoms with Crippen LogP contribution < -0.4 is 15.2 Å². The quantitative estimate of drug-likeness (QED) is 0.772. The molecule has 1 unspecified atom stereocenters. The molecule has 1 aromatic rings. The minimum atomic E-state index is -0.876. The van der Waals surface area contributed by atoms with Crippen molar-refractivity contribution in [2.24, 2.45) is 11.7 Å². The Labute approximate surface area is 108 Å². The maximum Gasteiger partial charge on any atom is 0.119 e. The summed E-state index contributed by atoms with van der Waals surface area (Å²) in [6.45, 7) is 3.09. The molecule has 1 aromatic carbocycles. The van der Waals surface area contributed by atoms with Gasteiger partial charge in [-0.25, -0.2) is 0 Å². The highest BCUT2D eigenvalue weighted by Gasteiger charge is 2.43. The molecular weight excluding hydrogens is 230 g/mol. The lowest BCUT2D eigenvalue weighted by Gasteiger charge is -2.26. The van der Waals surface area contributed by atoms with Crippen LogP contribution in [0.2, 0.25) is 0 Å². The molecule has 1 aliphatic rings. The van der Waals surface area contributed by atoms with Crippen LogP contribution in [0.4, 0.5) is 0 Å². The van der Waals surface area contributed by atoms with Crippen molar-refractivity contribution in [2.45, 2.75) is 25.4 Å². The lowest BCUT2D eigenvalue weighted by molar-refractivity contribution is -0.0162. The van der Waals surface area contributed by atoms with Gasteiger partial charge < -0.3 is 20.3 Å². The molecule has 3 N–H and O–H groups in total. The molecule has 0 bridgehead atoms. The van der Waals surface area contributed by atoms with Gasteiger partial charge in [-0.15, -0.1) is 0 Å². The first-order chi connectivity index (χ1) is 8.68. The normalized spacial score (nSPS) is 18.2. The molecule has 0 saturated heterocycles. The third-order valence-electron chi connectivity index (χ3n) is 3.31. The Morgan fingerprint density at radius 1 is 1.22 bits per heavy atom. The summed E-state index contributed by atoms with van der Waals surface area (Å²) < 4.78 is 11.0. The Bertz CT molecular complexity index is 375. The van der Waals surface area contributed by atoms with Gasteiger partial charge in [0, 0.05) is 6.54 Å². The van der Waals surface area contributed by atoms with Crippen LogP contribution in [0.5, 0.6) is 11.5 Å². The third kappa shape index (κ3) is 3.15. The van der Waals surface area contributed by atoms with E-state index in [1.165, 1.54) is 0 Å². The van der Waals surface area contributed by atoms with E-state index in [0.29, 0.717) is 12.5 Å². The fourth-order valence-electron chi connectivity index (χ4n) is 1.97. The summed E-state index contributed by atoms with van der Waals surface area (Å²) in [5.74, 6) is 1.84. The average molecular weight is 251 g/mol. The molecule has 0 spiro atoms. The number of nitrogens with two attached hydrogens (primary N) is 1. The number of hydrogen-bond acceptors (Lipinski definition) is 4. The molecule has 1 saturated carbocycles. The van der Waals surface area contributed by atoms with Crippen molar-refractivity contribution in [1.29, 1.82) is 0 Å². The van der Waals surface area contributed by atoms with Gasteiger partial charge in [-0.1, -0.05) is 0 Å². The molecule has 0 radical (unpaired) electrons. The van der Waals surface area contributed by atoms with Crippen LogP contribution in [0.25, 0.3) is 0 Å². The molecule has 100 valence electrons. The minimum Gasteiger partial charge on any atom is -0.494 e. The predicted molar refractivity (Wildman–Crippen MR) is 69.8 cm³/mol. The van der Waals surface area contributed by atoms with Crippen LogP contribution in [-0.2, 0) is 0 Å². The van der Waals surface area contributed by atoms with Gasteiger partial charge in [0.05, 0.1) is 6.61 Å². The maximum atomic E-state index is 10.3. The number of benzene rings is 1. The Morgan fingerprint density at radius 3 is 2.22 bits per heavy atom. The van der Waals surface area contributed by atoms with E-state index in [4.69, 9.17) is 15.2 Å². The summed E-state index contributed by atoms with van der Waals surface area (Å²) in [6, 6.07) is 7.40. The van der Waals surface area contributed by atoms with Gasteiger partial charge in [-0.3, -0.25) is 0 Å². The molecule has 1 aliphatic carbocycles. The van der Waals surface area contributed by atoms with Crippen LogP contribution in [0.15, 0.2) is 24.3 Å². The monoisotopic (exact) mass is 251 g/mol. The fraction of sp³-hybridized carbons (Fsp3) is 0.571. The van der Waals surface area contributed by atoms with Crippen molar-refractivity contribution < 1.29 is 14.6 Å². The van der Waals surface area contributed by atoms with Crippen molar-refractivity contribution in [1.82, 2.24) is 0 Å². The second-order valence-corrected chi connectivity index (χ2v) is 4.78. The van der Waals surface area contributed by atoms with Gasteiger partial charge in [0.1, 0.15) is 23.7 Å². The highest BCUT2D eigenvalue weighted by atomic mass is 16.5. The largest absolute Gasteiger partial charge is 0.494 e. The molecular formula is C14H21NO3. The summed E-state index contributed by atoms with van der Waals surface area (Å²) in [5, 5.41) is 10.3. The molecule has 1 atom stereocenters. The number of aliphatic hydroxyl groups is 1. The van der Waals surface area contributed by atoms with Gasteiger partial charge in [-0.05, 0) is 49.9 Å². The minimum absolute atomic E-state index is 0.245. The zero-order chi connectivity index (χ0) is 13.0. The molecule has 4 nitrogen and oxygen atoms in total. The van der Waals surface area contributed by atoms with Crippen LogP contribution in [-0.4, -0.2) is 30.5 Å². The predicted octanol–water partition coefficient (Wildman–Crippen LogP) is 1.56. The Balaban J connectivity index is 1.89. The molecule has 4 heteroatoms. The van der Waals surface area contributed by atoms with E-state index in [9.17, 15) is 5.11 Å². The zero-order valence-corrected chi connectivity index (χ0v) is 10.8. The van der Waals surface area contributed by atoms with E-state index < -0.39 is 5.60 Å². The molecule has 0 heterocycles. The van der Waals surface area contributed by atoms with Crippen LogP contribution in [0.1, 0.15) is 19.8 Å². The number of ether oxygens (including phenoxy) is 2. The lowest BCUT2D eigenvalue weighted by atomic mass is 9.99. The first kappa shape index (κ1) is 13.2. The second-order valence-electron chi connectivity index (χ2n) is 4.78. The van der Waals surface area contributed by atoms with Crippen LogP contribution in [0, 0.1) is 5.92 Å². The number of rotatable bonds is 7. The van der Waals surface area contributed by atoms with Crippen LogP contribution >= 0.6 is 0 Å². The van der Waals surface area contributed by atoms with Crippen molar-refractivity contribution in [2.75, 3.05) is 19.8 Å². The third-order valence-corrected chi connectivity index (χ3v) is 3.31. The van der Waals surface area contributed by atoms with E-state index >= 15 is 0 Å². The smallest absolute Gasteiger partial charge is 0.119 e. The summed E-state index contributed by atoms with van der Waals surface area (Å²) in [7, 11) is 0. The zero-order valence-electron chi connectivity index (χ0n) is 10.8. The highest BCUT2D eigenvalue weighted by molar-refractivity contribution is 5.31. The first-order valence-corrected chi connectivity index (χ1v) is 6.46. The topological polar surface area (TPSA) is 64.7 Å². The van der Waals surface area contributed by atoms with Gasteiger partial charge in [0.25, 0.3) is 0 Å². The van der Waals surface area contributed by atoms with Gasteiger partial charge >= 0.3 is 0 Å². The Kier molecular flexibility index (Phi) is 4.09. The van der Waals surface area contributed by atoms with E-state index in [1.54, 1.807) is 0 Å². The van der Waals surface area contributed by atoms with E-state index in [-0.39, 0.29) is 13.2 Å². The summed E-state index contributed by atoms with van der Waals surface area (Å²) in [4.78, 5) is 0. The fourth-order valence-corrected chi connectivity index (χ4v) is 1.97. The average Bonchev–Trinajstić information content (AvgIpc) is 3.23. The van der Waals surface area contributed by atoms with E-state index in [2.05, 4.69) is 0 Å². The maximum absolute atomic E-state index is 10.3. The molecule has 1 fully saturated rings. The van der Waals surface area contributed by atoms with Gasteiger partial charge in [0.2, 0.25) is 0 Å². The molecule has 18 heavy (non-hydrogen) atoms. The second kappa shape index (κ2) is 5.59. The molecule has 0 amide bonds.